The van der Waals surface area contributed by atoms with Crippen LogP contribution in [-0.4, -0.2) is 21.0 Å². The van der Waals surface area contributed by atoms with Crippen LogP contribution in [0.1, 0.15) is 45.7 Å². The van der Waals surface area contributed by atoms with Crippen molar-refractivity contribution < 1.29 is 5.11 Å². The molecule has 3 nitrogen and oxygen atoms in total. The molecule has 0 fully saturated rings. The van der Waals surface area contributed by atoms with Crippen LogP contribution in [0.25, 0.3) is 0 Å². The lowest BCUT2D eigenvalue weighted by atomic mass is 9.86. The summed E-state index contributed by atoms with van der Waals surface area (Å²) < 4.78 is 1.92. The first-order valence-electron chi connectivity index (χ1n) is 6.06. The number of rotatable bonds is 5. The Balaban J connectivity index is 2.20. The molecule has 16 heavy (non-hydrogen) atoms. The van der Waals surface area contributed by atoms with Crippen LogP contribution in [0, 0.1) is 5.41 Å². The zero-order valence-corrected chi connectivity index (χ0v) is 10.9. The first-order valence-corrected chi connectivity index (χ1v) is 6.06. The number of hydrogen-bond donors (Lipinski definition) is 1. The van der Waals surface area contributed by atoms with Crippen molar-refractivity contribution in [2.45, 2.75) is 52.6 Å². The molecule has 1 N–H and O–H groups in total. The second-order valence-corrected chi connectivity index (χ2v) is 5.57. The van der Waals surface area contributed by atoms with E-state index >= 15 is 0 Å². The summed E-state index contributed by atoms with van der Waals surface area (Å²) in [4.78, 5) is 0. The molecule has 0 aromatic carbocycles. The Morgan fingerprint density at radius 3 is 2.56 bits per heavy atom. The van der Waals surface area contributed by atoms with Gasteiger partial charge in [-0.3, -0.25) is 4.68 Å². The van der Waals surface area contributed by atoms with Gasteiger partial charge in [0.15, 0.2) is 0 Å². The van der Waals surface area contributed by atoms with Crippen LogP contribution < -0.4 is 0 Å². The number of nitrogens with zero attached hydrogens (tertiary/aromatic N) is 2. The van der Waals surface area contributed by atoms with Crippen molar-refractivity contribution in [2.24, 2.45) is 12.5 Å². The Morgan fingerprint density at radius 2 is 2.06 bits per heavy atom. The highest BCUT2D eigenvalue weighted by molar-refractivity contribution is 4.99. The van der Waals surface area contributed by atoms with E-state index in [1.807, 2.05) is 17.9 Å². The molecule has 92 valence electrons. The van der Waals surface area contributed by atoms with Gasteiger partial charge >= 0.3 is 0 Å². The van der Waals surface area contributed by atoms with Crippen LogP contribution in [0.5, 0.6) is 0 Å². The lowest BCUT2D eigenvalue weighted by Crippen LogP contribution is -2.25. The van der Waals surface area contributed by atoms with Crippen molar-refractivity contribution in [1.82, 2.24) is 9.78 Å². The molecule has 1 heterocycles. The van der Waals surface area contributed by atoms with Crippen LogP contribution in [0.4, 0.5) is 0 Å². The van der Waals surface area contributed by atoms with Gasteiger partial charge in [0.1, 0.15) is 0 Å². The largest absolute Gasteiger partial charge is 0.393 e. The second kappa shape index (κ2) is 5.48. The zero-order chi connectivity index (χ0) is 12.2. The van der Waals surface area contributed by atoms with Gasteiger partial charge in [-0.2, -0.15) is 5.10 Å². The lowest BCUT2D eigenvalue weighted by Gasteiger charge is -2.25. The monoisotopic (exact) mass is 224 g/mol. The molecule has 0 aliphatic rings. The smallest absolute Gasteiger partial charge is 0.0588 e. The summed E-state index contributed by atoms with van der Waals surface area (Å²) in [5.74, 6) is 0. The molecule has 1 aromatic rings. The quantitative estimate of drug-likeness (QED) is 0.780. The molecule has 0 aliphatic heterocycles. The Labute approximate surface area is 98.5 Å². The molecule has 1 unspecified atom stereocenters. The molecule has 0 spiro atoms. The summed E-state index contributed by atoms with van der Waals surface area (Å²) >= 11 is 0. The van der Waals surface area contributed by atoms with Gasteiger partial charge in [-0.15, -0.1) is 0 Å². The normalized spacial score (nSPS) is 14.1. The van der Waals surface area contributed by atoms with Gasteiger partial charge in [-0.05, 0) is 30.7 Å². The molecule has 0 radical (unpaired) electrons. The lowest BCUT2D eigenvalue weighted by molar-refractivity contribution is 0.0535. The third-order valence-electron chi connectivity index (χ3n) is 3.08. The van der Waals surface area contributed by atoms with Crippen LogP contribution in [-0.2, 0) is 13.5 Å². The topological polar surface area (TPSA) is 38.0 Å². The minimum atomic E-state index is -0.195. The summed E-state index contributed by atoms with van der Waals surface area (Å²) in [6.45, 7) is 6.25. The first-order chi connectivity index (χ1) is 7.41. The van der Waals surface area contributed by atoms with Crippen molar-refractivity contribution >= 4 is 0 Å². The molecule has 0 amide bonds. The third-order valence-corrected chi connectivity index (χ3v) is 3.08. The number of aryl methyl sites for hydroxylation is 2. The van der Waals surface area contributed by atoms with E-state index in [1.54, 1.807) is 0 Å². The van der Waals surface area contributed by atoms with Gasteiger partial charge in [-0.25, -0.2) is 0 Å². The Kier molecular flexibility index (Phi) is 4.54. The van der Waals surface area contributed by atoms with Crippen molar-refractivity contribution in [3.63, 3.8) is 0 Å². The highest BCUT2D eigenvalue weighted by Crippen LogP contribution is 2.23. The number of aliphatic hydroxyl groups excluding tert-OH is 1. The molecule has 0 saturated carbocycles. The first kappa shape index (κ1) is 13.2. The Hall–Kier alpha value is -0.830. The number of aromatic nitrogens is 2. The van der Waals surface area contributed by atoms with Crippen LogP contribution in [0.3, 0.4) is 0 Å². The molecule has 1 aromatic heterocycles. The fourth-order valence-corrected chi connectivity index (χ4v) is 1.72. The fourth-order valence-electron chi connectivity index (χ4n) is 1.72. The average Bonchev–Trinajstić information content (AvgIpc) is 2.57. The highest BCUT2D eigenvalue weighted by atomic mass is 16.3. The summed E-state index contributed by atoms with van der Waals surface area (Å²) in [5, 5.41) is 14.0. The number of unbranched alkanes of at least 4 members (excludes halogenated alkanes) is 1. The summed E-state index contributed by atoms with van der Waals surface area (Å²) in [6, 6.07) is 2.06. The highest BCUT2D eigenvalue weighted by Gasteiger charge is 2.21. The number of hydrogen-bond acceptors (Lipinski definition) is 2. The molecule has 0 saturated heterocycles. The predicted octanol–water partition coefficient (Wildman–Crippen LogP) is 2.54. The molecular formula is C13H24N2O. The zero-order valence-electron chi connectivity index (χ0n) is 10.9. The average molecular weight is 224 g/mol. The maximum atomic E-state index is 9.88. The van der Waals surface area contributed by atoms with Crippen molar-refractivity contribution in [3.05, 3.63) is 18.0 Å². The minimum absolute atomic E-state index is 0.00648. The molecule has 0 aliphatic carbocycles. The molecule has 3 heteroatoms. The maximum absolute atomic E-state index is 9.88. The van der Waals surface area contributed by atoms with E-state index in [9.17, 15) is 5.11 Å². The van der Waals surface area contributed by atoms with Crippen molar-refractivity contribution in [1.29, 1.82) is 0 Å². The summed E-state index contributed by atoms with van der Waals surface area (Å²) in [7, 11) is 1.97. The maximum Gasteiger partial charge on any atom is 0.0588 e. The second-order valence-electron chi connectivity index (χ2n) is 5.57. The van der Waals surface area contributed by atoms with E-state index in [2.05, 4.69) is 31.9 Å². The van der Waals surface area contributed by atoms with Crippen LogP contribution in [0.2, 0.25) is 0 Å². The van der Waals surface area contributed by atoms with Gasteiger partial charge in [0.05, 0.1) is 6.10 Å². The molecular weight excluding hydrogens is 200 g/mol. The third kappa shape index (κ3) is 3.97. The Bertz CT molecular complexity index is 312. The Morgan fingerprint density at radius 1 is 1.38 bits per heavy atom. The number of aliphatic hydroxyl groups is 1. The predicted molar refractivity (Wildman–Crippen MR) is 66.2 cm³/mol. The summed E-state index contributed by atoms with van der Waals surface area (Å²) in [5.41, 5.74) is 1.28. The van der Waals surface area contributed by atoms with E-state index in [4.69, 9.17) is 0 Å². The van der Waals surface area contributed by atoms with Crippen molar-refractivity contribution in [2.75, 3.05) is 0 Å². The molecule has 1 rings (SSSR count). The molecule has 1 atom stereocenters. The van der Waals surface area contributed by atoms with E-state index < -0.39 is 0 Å². The standard InChI is InChI=1S/C13H24N2O/c1-13(2,3)12(16)8-6-5-7-11-9-10-14-15(11)4/h9-10,12,16H,5-8H2,1-4H3. The van der Waals surface area contributed by atoms with E-state index in [0.717, 1.165) is 25.7 Å². The fraction of sp³-hybridized carbons (Fsp3) is 0.769. The van der Waals surface area contributed by atoms with Crippen LogP contribution in [0.15, 0.2) is 12.3 Å². The summed E-state index contributed by atoms with van der Waals surface area (Å²) in [6.07, 6.45) is 5.77. The van der Waals surface area contributed by atoms with Gasteiger partial charge in [0.25, 0.3) is 0 Å². The van der Waals surface area contributed by atoms with E-state index in [0.29, 0.717) is 0 Å². The van der Waals surface area contributed by atoms with Gasteiger partial charge in [0.2, 0.25) is 0 Å². The SMILES string of the molecule is Cn1nccc1CCCCC(O)C(C)(C)C. The van der Waals surface area contributed by atoms with Gasteiger partial charge < -0.3 is 5.11 Å². The minimum Gasteiger partial charge on any atom is -0.393 e. The molecule has 0 bridgehead atoms. The van der Waals surface area contributed by atoms with Crippen LogP contribution >= 0.6 is 0 Å². The van der Waals surface area contributed by atoms with Crippen molar-refractivity contribution in [3.8, 4) is 0 Å². The van der Waals surface area contributed by atoms with Gasteiger partial charge in [0, 0.05) is 18.9 Å². The van der Waals surface area contributed by atoms with E-state index in [1.165, 1.54) is 5.69 Å². The van der Waals surface area contributed by atoms with Gasteiger partial charge in [-0.1, -0.05) is 27.2 Å². The van der Waals surface area contributed by atoms with E-state index in [-0.39, 0.29) is 11.5 Å².